The average molecular weight is 429 g/mol. The molecule has 0 aliphatic carbocycles. The van der Waals surface area contributed by atoms with Crippen molar-refractivity contribution in [2.45, 2.75) is 18.3 Å². The van der Waals surface area contributed by atoms with Crippen molar-refractivity contribution in [2.75, 3.05) is 13.7 Å². The summed E-state index contributed by atoms with van der Waals surface area (Å²) in [5, 5.41) is 14.4. The Kier molecular flexibility index (Phi) is 5.72. The molecule has 1 N–H and O–H groups in total. The number of hydrogen-bond donors (Lipinski definition) is 1. The van der Waals surface area contributed by atoms with Gasteiger partial charge < -0.3 is 14.6 Å². The summed E-state index contributed by atoms with van der Waals surface area (Å²) in [5.41, 5.74) is -3.26. The Hall–Kier alpha value is -2.78. The molecule has 0 bridgehead atoms. The summed E-state index contributed by atoms with van der Waals surface area (Å²) in [5.74, 6) is -0.354. The van der Waals surface area contributed by atoms with Crippen molar-refractivity contribution >= 4 is 23.2 Å². The molecule has 0 saturated heterocycles. The molecule has 0 saturated carbocycles. The van der Waals surface area contributed by atoms with Crippen LogP contribution in [0.2, 0.25) is 5.02 Å². The molecule has 1 amide bonds. The summed E-state index contributed by atoms with van der Waals surface area (Å²) in [4.78, 5) is 12.4. The van der Waals surface area contributed by atoms with Crippen LogP contribution in [0.5, 0.6) is 11.5 Å². The zero-order valence-electron chi connectivity index (χ0n) is 15.1. The number of halogens is 4. The van der Waals surface area contributed by atoms with Gasteiger partial charge in [0.25, 0.3) is 11.6 Å². The molecule has 1 heterocycles. The first-order chi connectivity index (χ1) is 13.6. The van der Waals surface area contributed by atoms with Gasteiger partial charge in [-0.25, -0.2) is 0 Å². The molecule has 6 nitrogen and oxygen atoms in total. The summed E-state index contributed by atoms with van der Waals surface area (Å²) < 4.78 is 50.9. The largest absolute Gasteiger partial charge is 0.497 e. The van der Waals surface area contributed by atoms with Crippen molar-refractivity contribution in [3.8, 4) is 11.5 Å². The molecule has 3 rings (SSSR count). The van der Waals surface area contributed by atoms with Crippen LogP contribution in [0.4, 0.5) is 13.2 Å². The second kappa shape index (κ2) is 7.92. The van der Waals surface area contributed by atoms with E-state index in [1.807, 2.05) is 0 Å². The van der Waals surface area contributed by atoms with E-state index in [4.69, 9.17) is 21.1 Å². The van der Waals surface area contributed by atoms with Crippen LogP contribution >= 0.6 is 11.6 Å². The van der Waals surface area contributed by atoms with Gasteiger partial charge in [0.1, 0.15) is 11.5 Å². The molecule has 0 radical (unpaired) electrons. The van der Waals surface area contributed by atoms with Gasteiger partial charge in [-0.3, -0.25) is 4.79 Å². The minimum Gasteiger partial charge on any atom is -0.497 e. The predicted octanol–water partition coefficient (Wildman–Crippen LogP) is 3.61. The van der Waals surface area contributed by atoms with E-state index < -0.39 is 30.8 Å². The van der Waals surface area contributed by atoms with Gasteiger partial charge in [-0.15, -0.1) is 0 Å². The average Bonchev–Trinajstić information content (AvgIpc) is 3.06. The Labute approximate surface area is 169 Å². The lowest BCUT2D eigenvalue weighted by Gasteiger charge is -2.32. The lowest BCUT2D eigenvalue weighted by molar-refractivity contribution is -0.302. The molecule has 1 aliphatic heterocycles. The van der Waals surface area contributed by atoms with E-state index in [0.717, 1.165) is 0 Å². The molecule has 0 unspecified atom stereocenters. The van der Waals surface area contributed by atoms with Crippen LogP contribution in [0.25, 0.3) is 0 Å². The predicted molar refractivity (Wildman–Crippen MR) is 98.9 cm³/mol. The van der Waals surface area contributed by atoms with Crippen molar-refractivity contribution in [1.29, 1.82) is 0 Å². The van der Waals surface area contributed by atoms with E-state index in [0.29, 0.717) is 16.3 Å². The number of methoxy groups -OCH3 is 1. The van der Waals surface area contributed by atoms with Gasteiger partial charge in [0, 0.05) is 5.02 Å². The minimum atomic E-state index is -5.12. The van der Waals surface area contributed by atoms with Gasteiger partial charge in [0.05, 0.1) is 19.2 Å². The molecular weight excluding hydrogens is 413 g/mol. The maximum atomic E-state index is 13.6. The number of carbonyl (C=O) groups is 1. The summed E-state index contributed by atoms with van der Waals surface area (Å²) in [6, 6.07) is 12.0. The highest BCUT2D eigenvalue weighted by Gasteiger charge is 2.63. The second-order valence-corrected chi connectivity index (χ2v) is 6.65. The zero-order chi connectivity index (χ0) is 21.2. The summed E-state index contributed by atoms with van der Waals surface area (Å²) in [6.07, 6.45) is -6.03. The van der Waals surface area contributed by atoms with Crippen molar-refractivity contribution in [3.05, 3.63) is 59.1 Å². The normalized spacial score (nSPS) is 19.1. The molecule has 10 heteroatoms. The smallest absolute Gasteiger partial charge is 0.438 e. The van der Waals surface area contributed by atoms with E-state index in [-0.39, 0.29) is 16.5 Å². The summed E-state index contributed by atoms with van der Waals surface area (Å²) in [7, 11) is 1.47. The number of rotatable bonds is 5. The maximum Gasteiger partial charge on any atom is 0.438 e. The fourth-order valence-electron chi connectivity index (χ4n) is 2.71. The molecule has 154 valence electrons. The molecule has 0 aromatic heterocycles. The summed E-state index contributed by atoms with van der Waals surface area (Å²) in [6.45, 7) is -0.748. The van der Waals surface area contributed by atoms with E-state index in [9.17, 15) is 23.1 Å². The van der Waals surface area contributed by atoms with Crippen molar-refractivity contribution in [2.24, 2.45) is 5.10 Å². The Morgan fingerprint density at radius 2 is 1.76 bits per heavy atom. The first-order valence-corrected chi connectivity index (χ1v) is 8.74. The summed E-state index contributed by atoms with van der Waals surface area (Å²) >= 11 is 5.79. The van der Waals surface area contributed by atoms with Crippen LogP contribution in [-0.4, -0.2) is 47.4 Å². The highest BCUT2D eigenvalue weighted by Crippen LogP contribution is 2.41. The number of hydrogen-bond acceptors (Lipinski definition) is 5. The lowest BCUT2D eigenvalue weighted by Crippen LogP contribution is -2.57. The molecule has 0 spiro atoms. The molecule has 1 atom stereocenters. The second-order valence-electron chi connectivity index (χ2n) is 6.21. The number of ether oxygens (including phenoxy) is 2. The Balaban J connectivity index is 1.81. The number of aliphatic hydroxyl groups is 1. The van der Waals surface area contributed by atoms with Gasteiger partial charge in [-0.05, 0) is 42.0 Å². The molecular formula is C19H16ClF3N2O4. The van der Waals surface area contributed by atoms with Crippen LogP contribution in [0, 0.1) is 0 Å². The van der Waals surface area contributed by atoms with Crippen LogP contribution in [0.15, 0.2) is 53.6 Å². The first-order valence-electron chi connectivity index (χ1n) is 8.36. The Bertz CT molecular complexity index is 917. The number of benzene rings is 2. The lowest BCUT2D eigenvalue weighted by atomic mass is 10.0. The monoisotopic (exact) mass is 428 g/mol. The molecule has 2 aromatic rings. The molecule has 1 aliphatic rings. The van der Waals surface area contributed by atoms with Gasteiger partial charge in [-0.2, -0.15) is 23.3 Å². The fourth-order valence-corrected chi connectivity index (χ4v) is 2.84. The van der Waals surface area contributed by atoms with Crippen molar-refractivity contribution in [1.82, 2.24) is 5.01 Å². The molecule has 29 heavy (non-hydrogen) atoms. The third-order valence-electron chi connectivity index (χ3n) is 4.27. The third kappa shape index (κ3) is 4.30. The Morgan fingerprint density at radius 3 is 2.31 bits per heavy atom. The van der Waals surface area contributed by atoms with E-state index in [1.165, 1.54) is 43.5 Å². The van der Waals surface area contributed by atoms with Gasteiger partial charge in [-0.1, -0.05) is 23.7 Å². The SMILES string of the molecule is COc1ccc(OCC(=O)N2N=C(c3ccc(Cl)cc3)C[C@@]2(O)C(F)(F)F)cc1. The number of carbonyl (C=O) groups excluding carboxylic acids is 1. The van der Waals surface area contributed by atoms with Crippen LogP contribution in [0.3, 0.4) is 0 Å². The minimum absolute atomic E-state index is 0.0282. The maximum absolute atomic E-state index is 13.6. The van der Waals surface area contributed by atoms with E-state index >= 15 is 0 Å². The topological polar surface area (TPSA) is 71.4 Å². The highest BCUT2D eigenvalue weighted by molar-refractivity contribution is 6.30. The molecule has 0 fully saturated rings. The Morgan fingerprint density at radius 1 is 1.17 bits per heavy atom. The number of amides is 1. The van der Waals surface area contributed by atoms with Crippen LogP contribution < -0.4 is 9.47 Å². The number of hydrazone groups is 1. The van der Waals surface area contributed by atoms with Crippen LogP contribution in [0.1, 0.15) is 12.0 Å². The standard InChI is InChI=1S/C19H16ClF3N2O4/c1-28-14-6-8-15(9-7-14)29-11-17(26)25-18(27,19(21,22)23)10-16(24-25)12-2-4-13(20)5-3-12/h2-9,27H,10-11H2,1H3/t18-/m1/s1. The van der Waals surface area contributed by atoms with Gasteiger partial charge >= 0.3 is 6.18 Å². The number of alkyl halides is 3. The van der Waals surface area contributed by atoms with Gasteiger partial charge in [0.15, 0.2) is 6.61 Å². The molecule has 2 aromatic carbocycles. The van der Waals surface area contributed by atoms with E-state index in [1.54, 1.807) is 12.1 Å². The third-order valence-corrected chi connectivity index (χ3v) is 4.53. The van der Waals surface area contributed by atoms with E-state index in [2.05, 4.69) is 5.10 Å². The number of nitrogens with zero attached hydrogens (tertiary/aromatic N) is 2. The quantitative estimate of drug-likeness (QED) is 0.789. The van der Waals surface area contributed by atoms with Crippen molar-refractivity contribution in [3.63, 3.8) is 0 Å². The highest BCUT2D eigenvalue weighted by atomic mass is 35.5. The van der Waals surface area contributed by atoms with Crippen LogP contribution in [-0.2, 0) is 4.79 Å². The van der Waals surface area contributed by atoms with Crippen molar-refractivity contribution < 1.29 is 32.5 Å². The first kappa shape index (κ1) is 20.9. The zero-order valence-corrected chi connectivity index (χ0v) is 15.9. The van der Waals surface area contributed by atoms with Gasteiger partial charge in [0.2, 0.25) is 0 Å². The fraction of sp³-hybridized carbons (Fsp3) is 0.263.